The van der Waals surface area contributed by atoms with E-state index in [1.807, 2.05) is 0 Å². The minimum Gasteiger partial charge on any atom is -0.466 e. The molecular weight excluding hydrogens is 358 g/mol. The van der Waals surface area contributed by atoms with E-state index >= 15 is 0 Å². The molecule has 0 saturated carbocycles. The highest BCUT2D eigenvalue weighted by Gasteiger charge is 2.27. The first-order valence-electron chi connectivity index (χ1n) is 7.82. The maximum Gasteiger partial charge on any atom is 0.351 e. The summed E-state index contributed by atoms with van der Waals surface area (Å²) in [7, 11) is -2.53. The highest BCUT2D eigenvalue weighted by Crippen LogP contribution is 2.21. The van der Waals surface area contributed by atoms with Crippen molar-refractivity contribution in [3.05, 3.63) is 65.7 Å². The molecule has 2 aromatic rings. The van der Waals surface area contributed by atoms with E-state index in [1.165, 1.54) is 31.4 Å². The van der Waals surface area contributed by atoms with E-state index in [0.717, 1.165) is 0 Å². The predicted molar refractivity (Wildman–Crippen MR) is 93.9 cm³/mol. The molecule has 0 amide bonds. The lowest BCUT2D eigenvalue weighted by Crippen LogP contribution is -2.24. The molecule has 26 heavy (non-hydrogen) atoms. The Balaban J connectivity index is 2.29. The maximum atomic E-state index is 12.4. The van der Waals surface area contributed by atoms with Gasteiger partial charge in [-0.3, -0.25) is 0 Å². The fraction of sp³-hybridized carbons (Fsp3) is 0.222. The van der Waals surface area contributed by atoms with Gasteiger partial charge in [-0.25, -0.2) is 22.7 Å². The number of rotatable bonds is 7. The first-order valence-corrected chi connectivity index (χ1v) is 9.31. The quantitative estimate of drug-likeness (QED) is 0.742. The molecule has 0 aliphatic carbocycles. The molecule has 0 saturated heterocycles. The van der Waals surface area contributed by atoms with Crippen LogP contribution in [0.5, 0.6) is 0 Å². The lowest BCUT2D eigenvalue weighted by Gasteiger charge is -2.16. The number of carbonyl (C=O) groups is 2. The average Bonchev–Trinajstić information content (AvgIpc) is 2.66. The molecule has 7 nitrogen and oxygen atoms in total. The first-order chi connectivity index (χ1) is 12.4. The number of methoxy groups -OCH3 is 1. The number of esters is 2. The fourth-order valence-corrected chi connectivity index (χ4v) is 3.31. The summed E-state index contributed by atoms with van der Waals surface area (Å²) in [6, 6.07) is 13.8. The van der Waals surface area contributed by atoms with Gasteiger partial charge < -0.3 is 9.47 Å². The second kappa shape index (κ2) is 8.59. The predicted octanol–water partition coefficient (Wildman–Crippen LogP) is 2.06. The summed E-state index contributed by atoms with van der Waals surface area (Å²) in [6.07, 6.45) is -1.25. The van der Waals surface area contributed by atoms with Crippen LogP contribution in [0, 0.1) is 0 Å². The van der Waals surface area contributed by atoms with Crippen LogP contribution in [0.15, 0.2) is 59.5 Å². The van der Waals surface area contributed by atoms with Crippen molar-refractivity contribution < 1.29 is 27.5 Å². The van der Waals surface area contributed by atoms with Gasteiger partial charge in [0.05, 0.1) is 17.6 Å². The van der Waals surface area contributed by atoms with Gasteiger partial charge in [-0.15, -0.1) is 0 Å². The molecule has 2 aromatic carbocycles. The molecule has 0 bridgehead atoms. The number of nitrogens with one attached hydrogen (secondary N) is 1. The zero-order valence-electron chi connectivity index (χ0n) is 14.3. The average molecular weight is 377 g/mol. The van der Waals surface area contributed by atoms with E-state index in [4.69, 9.17) is 9.47 Å². The highest BCUT2D eigenvalue weighted by molar-refractivity contribution is 7.89. The Hall–Kier alpha value is -2.71. The van der Waals surface area contributed by atoms with Crippen molar-refractivity contribution in [2.24, 2.45) is 0 Å². The van der Waals surface area contributed by atoms with E-state index in [2.05, 4.69) is 4.72 Å². The Morgan fingerprint density at radius 3 is 2.38 bits per heavy atom. The van der Waals surface area contributed by atoms with Crippen LogP contribution in [0.1, 0.15) is 28.9 Å². The molecule has 0 aliphatic rings. The zero-order chi connectivity index (χ0) is 19.2. The van der Waals surface area contributed by atoms with Gasteiger partial charge in [0.2, 0.25) is 16.1 Å². The van der Waals surface area contributed by atoms with E-state index < -0.39 is 28.1 Å². The van der Waals surface area contributed by atoms with Crippen LogP contribution in [0.2, 0.25) is 0 Å². The minimum absolute atomic E-state index is 0.00816. The van der Waals surface area contributed by atoms with Gasteiger partial charge in [-0.1, -0.05) is 43.3 Å². The summed E-state index contributed by atoms with van der Waals surface area (Å²) in [5, 5.41) is 0. The number of sulfonamides is 1. The highest BCUT2D eigenvalue weighted by atomic mass is 32.2. The van der Waals surface area contributed by atoms with Crippen LogP contribution in [0.3, 0.4) is 0 Å². The molecule has 8 heteroatoms. The number of benzene rings is 2. The Morgan fingerprint density at radius 1 is 1.08 bits per heavy atom. The number of hydrogen-bond donors (Lipinski definition) is 1. The summed E-state index contributed by atoms with van der Waals surface area (Å²) in [5.74, 6) is -1.57. The van der Waals surface area contributed by atoms with Gasteiger partial charge >= 0.3 is 11.9 Å². The third-order valence-corrected chi connectivity index (χ3v) is 5.00. The van der Waals surface area contributed by atoms with Crippen LogP contribution < -0.4 is 4.72 Å². The van der Waals surface area contributed by atoms with Crippen molar-refractivity contribution in [2.45, 2.75) is 17.9 Å². The van der Waals surface area contributed by atoms with Crippen molar-refractivity contribution in [2.75, 3.05) is 13.7 Å². The largest absolute Gasteiger partial charge is 0.466 e. The van der Waals surface area contributed by atoms with Crippen molar-refractivity contribution in [1.29, 1.82) is 0 Å². The molecule has 1 atom stereocenters. The van der Waals surface area contributed by atoms with Crippen molar-refractivity contribution in [3.63, 3.8) is 0 Å². The van der Waals surface area contributed by atoms with E-state index in [0.29, 0.717) is 5.56 Å². The molecule has 1 N–H and O–H groups in total. The third-order valence-electron chi connectivity index (χ3n) is 3.46. The summed E-state index contributed by atoms with van der Waals surface area (Å²) in [5.41, 5.74) is 0.456. The van der Waals surface area contributed by atoms with Crippen LogP contribution in [0.4, 0.5) is 0 Å². The second-order valence-electron chi connectivity index (χ2n) is 5.25. The minimum atomic E-state index is -3.72. The molecule has 2 rings (SSSR count). The van der Waals surface area contributed by atoms with Gasteiger partial charge in [0, 0.05) is 12.1 Å². The molecule has 0 radical (unpaired) electrons. The van der Waals surface area contributed by atoms with Crippen LogP contribution in [-0.4, -0.2) is 34.0 Å². The number of ether oxygens (including phenoxy) is 2. The third kappa shape index (κ3) is 4.68. The van der Waals surface area contributed by atoms with E-state index in [9.17, 15) is 18.0 Å². The summed E-state index contributed by atoms with van der Waals surface area (Å²) >= 11 is 0. The zero-order valence-corrected chi connectivity index (χ0v) is 15.2. The smallest absolute Gasteiger partial charge is 0.351 e. The van der Waals surface area contributed by atoms with Crippen LogP contribution in [-0.2, 0) is 24.3 Å². The molecule has 1 unspecified atom stereocenters. The lowest BCUT2D eigenvalue weighted by molar-refractivity contribution is -0.151. The van der Waals surface area contributed by atoms with E-state index in [1.54, 1.807) is 37.3 Å². The molecule has 0 aliphatic heterocycles. The van der Waals surface area contributed by atoms with Crippen LogP contribution in [0.25, 0.3) is 0 Å². The van der Waals surface area contributed by atoms with Gasteiger partial charge in [0.25, 0.3) is 0 Å². The molecule has 138 valence electrons. The molecule has 0 spiro atoms. The second-order valence-corrected chi connectivity index (χ2v) is 7.02. The molecular formula is C18H19NO6S. The Labute approximate surface area is 152 Å². The maximum absolute atomic E-state index is 12.4. The van der Waals surface area contributed by atoms with E-state index in [-0.39, 0.29) is 17.0 Å². The van der Waals surface area contributed by atoms with Crippen molar-refractivity contribution in [1.82, 2.24) is 4.72 Å². The van der Waals surface area contributed by atoms with Crippen molar-refractivity contribution >= 4 is 22.0 Å². The summed E-state index contributed by atoms with van der Waals surface area (Å²) in [4.78, 5) is 24.4. The molecule has 0 aromatic heterocycles. The van der Waals surface area contributed by atoms with Gasteiger partial charge in [-0.2, -0.15) is 0 Å². The Kier molecular flexibility index (Phi) is 6.48. The molecule has 0 fully saturated rings. The molecule has 0 heterocycles. The number of carbonyl (C=O) groups excluding carboxylic acids is 2. The Bertz CT molecular complexity index is 880. The van der Waals surface area contributed by atoms with Crippen LogP contribution >= 0.6 is 0 Å². The standard InChI is InChI=1S/C18H19NO6S/c1-3-19-26(22,23)15-11-7-10-14(12-15)17(20)25-16(18(21)24-2)13-8-5-4-6-9-13/h4-12,16,19H,3H2,1-2H3. The summed E-state index contributed by atoms with van der Waals surface area (Å²) in [6.45, 7) is 1.87. The SMILES string of the molecule is CCNS(=O)(=O)c1cccc(C(=O)OC(C(=O)OC)c2ccccc2)c1. The number of hydrogen-bond acceptors (Lipinski definition) is 6. The van der Waals surface area contributed by atoms with Crippen molar-refractivity contribution in [3.8, 4) is 0 Å². The van der Waals surface area contributed by atoms with Gasteiger partial charge in [0.15, 0.2) is 0 Å². The normalized spacial score (nSPS) is 12.2. The fourth-order valence-electron chi connectivity index (χ4n) is 2.23. The topological polar surface area (TPSA) is 98.8 Å². The lowest BCUT2D eigenvalue weighted by atomic mass is 10.1. The monoisotopic (exact) mass is 377 g/mol. The first kappa shape index (κ1) is 19.6. The van der Waals surface area contributed by atoms with Gasteiger partial charge in [0.1, 0.15) is 0 Å². The van der Waals surface area contributed by atoms with Gasteiger partial charge in [-0.05, 0) is 18.2 Å². The summed E-state index contributed by atoms with van der Waals surface area (Å²) < 4.78 is 36.4. The Morgan fingerprint density at radius 2 is 1.77 bits per heavy atom.